The highest BCUT2D eigenvalue weighted by Gasteiger charge is 2.50. The highest BCUT2D eigenvalue weighted by Crippen LogP contribution is 2.44. The zero-order valence-electron chi connectivity index (χ0n) is 19.7. The number of esters is 1. The Bertz CT molecular complexity index is 479. The molecule has 0 rings (SSSR count). The lowest BCUT2D eigenvalue weighted by Gasteiger charge is -2.48. The summed E-state index contributed by atoms with van der Waals surface area (Å²) < 4.78 is 19.0. The fourth-order valence-corrected chi connectivity index (χ4v) is 21.8. The van der Waals surface area contributed by atoms with Gasteiger partial charge in [-0.25, -0.2) is 4.79 Å². The molecule has 29 heavy (non-hydrogen) atoms. The molecule has 0 aliphatic heterocycles. The molecule has 0 radical (unpaired) electrons. The smallest absolute Gasteiger partial charge is 0.333 e. The largest absolute Gasteiger partial charge is 0.462 e. The molecule has 0 heterocycles. The minimum absolute atomic E-state index is 0. The molecule has 0 aliphatic rings. The second kappa shape index (κ2) is 13.2. The number of carbonyl (C=O) groups excluding carboxylic acids is 1. The van der Waals surface area contributed by atoms with E-state index in [4.69, 9.17) is 13.0 Å². The molecular weight excluding hydrogens is 412 g/mol. The minimum Gasteiger partial charge on any atom is -0.462 e. The summed E-state index contributed by atoms with van der Waals surface area (Å²) in [5.41, 5.74) is 2.11. The van der Waals surface area contributed by atoms with E-state index in [1.165, 1.54) is 0 Å². The Labute approximate surface area is 186 Å². The van der Waals surface area contributed by atoms with E-state index >= 15 is 0 Å². The van der Waals surface area contributed by atoms with E-state index < -0.39 is 25.2 Å². The number of hydrogen-bond acceptors (Lipinski definition) is 4. The standard InChI is InChI=1S/C20H44O4Si3.2CH4/c1-16(2)20(21)22-14-13-15-25(9,10)23-26(11,12)24-27(17(3)4,18(5)6)19(7)8;;/h17-19H,1,13-15H2,2-12H3;2*1H4. The van der Waals surface area contributed by atoms with Crippen molar-refractivity contribution < 1.29 is 17.8 Å². The van der Waals surface area contributed by atoms with Crippen molar-refractivity contribution in [2.45, 2.75) is 119 Å². The first-order valence-corrected chi connectivity index (χ1v) is 18.4. The Hall–Kier alpha value is -0.219. The maximum atomic E-state index is 11.5. The van der Waals surface area contributed by atoms with Gasteiger partial charge in [0.2, 0.25) is 0 Å². The lowest BCUT2D eigenvalue weighted by molar-refractivity contribution is -0.138. The summed E-state index contributed by atoms with van der Waals surface area (Å²) in [6.45, 7) is 28.5. The fraction of sp³-hybridized carbons (Fsp3) is 0.864. The Morgan fingerprint density at radius 3 is 1.62 bits per heavy atom. The van der Waals surface area contributed by atoms with Gasteiger partial charge in [-0.1, -0.05) is 63.0 Å². The van der Waals surface area contributed by atoms with Gasteiger partial charge in [0.25, 0.3) is 0 Å². The Morgan fingerprint density at radius 2 is 1.28 bits per heavy atom. The van der Waals surface area contributed by atoms with Gasteiger partial charge in [0.15, 0.2) is 16.6 Å². The van der Waals surface area contributed by atoms with Gasteiger partial charge in [-0.15, -0.1) is 0 Å². The molecule has 4 nitrogen and oxygen atoms in total. The molecule has 0 saturated carbocycles. The molecule has 0 saturated heterocycles. The van der Waals surface area contributed by atoms with E-state index in [-0.39, 0.29) is 20.8 Å². The third-order valence-electron chi connectivity index (χ3n) is 5.16. The second-order valence-electron chi connectivity index (χ2n) is 9.70. The molecule has 0 unspecified atom stereocenters. The first-order valence-electron chi connectivity index (χ1n) is 10.3. The van der Waals surface area contributed by atoms with Crippen LogP contribution in [0, 0.1) is 0 Å². The predicted octanol–water partition coefficient (Wildman–Crippen LogP) is 7.88. The average Bonchev–Trinajstić information content (AvgIpc) is 2.46. The molecule has 176 valence electrons. The Morgan fingerprint density at radius 1 is 0.862 bits per heavy atom. The minimum atomic E-state index is -2.26. The Kier molecular flexibility index (Phi) is 15.3. The normalized spacial score (nSPS) is 12.6. The summed E-state index contributed by atoms with van der Waals surface area (Å²) in [5, 5.41) is 0. The fourth-order valence-electron chi connectivity index (χ4n) is 4.30. The molecule has 0 aromatic rings. The van der Waals surface area contributed by atoms with Gasteiger partial charge in [-0.3, -0.25) is 0 Å². The Balaban J connectivity index is -0.00000338. The van der Waals surface area contributed by atoms with Crippen LogP contribution < -0.4 is 0 Å². The summed E-state index contributed by atoms with van der Waals surface area (Å²) in [6, 6.07) is 0.954. The van der Waals surface area contributed by atoms with Gasteiger partial charge in [0, 0.05) is 5.57 Å². The molecule has 0 aromatic heterocycles. The number of carbonyl (C=O) groups is 1. The van der Waals surface area contributed by atoms with Crippen LogP contribution >= 0.6 is 0 Å². The zero-order valence-corrected chi connectivity index (χ0v) is 22.7. The van der Waals surface area contributed by atoms with Gasteiger partial charge in [0.05, 0.1) is 6.61 Å². The summed E-state index contributed by atoms with van der Waals surface area (Å²) >= 11 is 0. The SMILES string of the molecule is C.C.C=C(C)C(=O)OCCC[Si](C)(C)O[Si](C)(C)O[Si](C(C)C)(C(C)C)C(C)C. The van der Waals surface area contributed by atoms with E-state index in [2.05, 4.69) is 74.3 Å². The molecule has 0 fully saturated rings. The lowest BCUT2D eigenvalue weighted by Crippen LogP contribution is -2.58. The van der Waals surface area contributed by atoms with Crippen LogP contribution in [0.5, 0.6) is 0 Å². The maximum absolute atomic E-state index is 11.5. The van der Waals surface area contributed by atoms with Gasteiger partial charge >= 0.3 is 14.5 Å². The zero-order chi connectivity index (χ0) is 21.6. The van der Waals surface area contributed by atoms with Crippen molar-refractivity contribution in [1.82, 2.24) is 0 Å². The van der Waals surface area contributed by atoms with E-state index in [0.29, 0.717) is 28.8 Å². The first kappa shape index (κ1) is 33.4. The quantitative estimate of drug-likeness (QED) is 0.127. The van der Waals surface area contributed by atoms with Crippen LogP contribution in [0.15, 0.2) is 12.2 Å². The van der Waals surface area contributed by atoms with E-state index in [1.54, 1.807) is 6.92 Å². The molecule has 7 heteroatoms. The topological polar surface area (TPSA) is 44.8 Å². The van der Waals surface area contributed by atoms with Crippen molar-refractivity contribution in [3.63, 3.8) is 0 Å². The summed E-state index contributed by atoms with van der Waals surface area (Å²) in [7, 11) is -6.11. The van der Waals surface area contributed by atoms with Crippen molar-refractivity contribution in [2.24, 2.45) is 0 Å². The van der Waals surface area contributed by atoms with Crippen LogP contribution in [-0.4, -0.2) is 37.8 Å². The van der Waals surface area contributed by atoms with Crippen molar-refractivity contribution in [3.8, 4) is 0 Å². The summed E-state index contributed by atoms with van der Waals surface area (Å²) in [5.74, 6) is -0.310. The molecule has 0 amide bonds. The first-order chi connectivity index (χ1) is 12.1. The highest BCUT2D eigenvalue weighted by molar-refractivity contribution is 6.90. The number of hydrogen-bond donors (Lipinski definition) is 0. The third-order valence-corrected chi connectivity index (χ3v) is 19.7. The number of ether oxygens (including phenoxy) is 1. The van der Waals surface area contributed by atoms with Gasteiger partial charge in [-0.2, -0.15) is 0 Å². The van der Waals surface area contributed by atoms with E-state index in [1.807, 2.05) is 0 Å². The third kappa shape index (κ3) is 10.6. The summed E-state index contributed by atoms with van der Waals surface area (Å²) in [4.78, 5) is 11.5. The maximum Gasteiger partial charge on any atom is 0.333 e. The van der Waals surface area contributed by atoms with Crippen LogP contribution in [0.25, 0.3) is 0 Å². The highest BCUT2D eigenvalue weighted by atomic mass is 28.5. The van der Waals surface area contributed by atoms with E-state index in [9.17, 15) is 4.79 Å². The van der Waals surface area contributed by atoms with Crippen molar-refractivity contribution in [3.05, 3.63) is 12.2 Å². The number of rotatable bonds is 12. The molecule has 0 spiro atoms. The van der Waals surface area contributed by atoms with Crippen LogP contribution in [0.2, 0.25) is 48.9 Å². The molecule has 0 aliphatic carbocycles. The van der Waals surface area contributed by atoms with Crippen LogP contribution in [0.3, 0.4) is 0 Å². The van der Waals surface area contributed by atoms with Crippen LogP contribution in [-0.2, 0) is 17.8 Å². The molecule has 0 aromatic carbocycles. The van der Waals surface area contributed by atoms with E-state index in [0.717, 1.165) is 12.5 Å². The predicted molar refractivity (Wildman–Crippen MR) is 137 cm³/mol. The van der Waals surface area contributed by atoms with Gasteiger partial charge in [0.1, 0.15) is 0 Å². The van der Waals surface area contributed by atoms with Gasteiger partial charge < -0.3 is 13.0 Å². The van der Waals surface area contributed by atoms with Crippen molar-refractivity contribution in [1.29, 1.82) is 0 Å². The summed E-state index contributed by atoms with van der Waals surface area (Å²) in [6.07, 6.45) is 0.823. The van der Waals surface area contributed by atoms with Crippen LogP contribution in [0.4, 0.5) is 0 Å². The average molecular weight is 465 g/mol. The van der Waals surface area contributed by atoms with Crippen molar-refractivity contribution in [2.75, 3.05) is 6.61 Å². The molecule has 0 bridgehead atoms. The van der Waals surface area contributed by atoms with Gasteiger partial charge in [-0.05, 0) is 62.2 Å². The second-order valence-corrected chi connectivity index (χ2v) is 23.3. The van der Waals surface area contributed by atoms with Crippen molar-refractivity contribution >= 4 is 31.2 Å². The molecular formula is C22H52O4Si3. The monoisotopic (exact) mass is 464 g/mol. The molecule has 0 atom stereocenters. The molecule has 0 N–H and O–H groups in total. The van der Waals surface area contributed by atoms with Crippen LogP contribution in [0.1, 0.15) is 69.7 Å². The lowest BCUT2D eigenvalue weighted by atomic mass is 10.4.